The minimum atomic E-state index is -3.69. The molecule has 31 heavy (non-hydrogen) atoms. The van der Waals surface area contributed by atoms with Crippen molar-refractivity contribution in [2.75, 3.05) is 18.0 Å². The first-order valence-electron chi connectivity index (χ1n) is 10.2. The zero-order chi connectivity index (χ0) is 22.4. The first kappa shape index (κ1) is 22.9. The number of aryl methyl sites for hydroxylation is 1. The maximum absolute atomic E-state index is 12.8. The zero-order valence-corrected chi connectivity index (χ0v) is 19.5. The van der Waals surface area contributed by atoms with Crippen molar-refractivity contribution >= 4 is 32.9 Å². The Bertz CT molecular complexity index is 1130. The highest BCUT2D eigenvalue weighted by molar-refractivity contribution is 7.89. The molecule has 0 fully saturated rings. The fourth-order valence-electron chi connectivity index (χ4n) is 3.33. The molecule has 0 spiro atoms. The summed E-state index contributed by atoms with van der Waals surface area (Å²) in [5, 5.41) is 0.625. The van der Waals surface area contributed by atoms with Crippen LogP contribution in [0.4, 0.5) is 5.69 Å². The molecule has 1 N–H and O–H groups in total. The Morgan fingerprint density at radius 1 is 0.871 bits per heavy atom. The molecule has 0 aliphatic rings. The van der Waals surface area contributed by atoms with E-state index in [0.29, 0.717) is 5.02 Å². The van der Waals surface area contributed by atoms with Crippen LogP contribution in [0.3, 0.4) is 0 Å². The van der Waals surface area contributed by atoms with Crippen molar-refractivity contribution in [3.05, 3.63) is 101 Å². The Kier molecular flexibility index (Phi) is 7.42. The molecule has 0 saturated heterocycles. The summed E-state index contributed by atoms with van der Waals surface area (Å²) in [6, 6.07) is 22.3. The largest absolute Gasteiger partial charge is 0.372 e. The van der Waals surface area contributed by atoms with Gasteiger partial charge in [-0.25, -0.2) is 8.42 Å². The summed E-state index contributed by atoms with van der Waals surface area (Å²) in [5.41, 5.74) is 4.67. The van der Waals surface area contributed by atoms with Gasteiger partial charge in [-0.2, -0.15) is 0 Å². The Labute approximate surface area is 190 Å². The summed E-state index contributed by atoms with van der Waals surface area (Å²) in [6.07, 6.45) is 1.55. The average molecular weight is 455 g/mol. The van der Waals surface area contributed by atoms with Crippen molar-refractivity contribution in [3.63, 3.8) is 0 Å². The van der Waals surface area contributed by atoms with Gasteiger partial charge in [-0.15, -0.1) is 0 Å². The zero-order valence-electron chi connectivity index (χ0n) is 18.0. The van der Waals surface area contributed by atoms with Crippen molar-refractivity contribution in [1.82, 2.24) is 4.72 Å². The number of nitrogens with one attached hydrogen (secondary N) is 1. The van der Waals surface area contributed by atoms with Gasteiger partial charge in [0.1, 0.15) is 0 Å². The molecule has 3 aromatic rings. The third-order valence-corrected chi connectivity index (χ3v) is 6.72. The highest BCUT2D eigenvalue weighted by Crippen LogP contribution is 2.27. The van der Waals surface area contributed by atoms with Crippen LogP contribution in [-0.4, -0.2) is 21.5 Å². The molecule has 0 atom stereocenters. The maximum atomic E-state index is 12.8. The number of halogens is 1. The van der Waals surface area contributed by atoms with E-state index in [0.717, 1.165) is 41.0 Å². The van der Waals surface area contributed by atoms with Crippen molar-refractivity contribution in [3.8, 4) is 0 Å². The van der Waals surface area contributed by atoms with Gasteiger partial charge in [-0.05, 0) is 68.3 Å². The molecule has 0 bridgehead atoms. The standard InChI is InChI=1S/C25H27ClN2O2S/c1-4-28(5-2)23-14-10-21(11-15-23)25(20-8-12-22(26)13-9-20)18-27-31(29,30)24-16-6-19(3)7-17-24/h6-18,27H,4-5H2,1-3H3/b25-18+. The molecule has 0 saturated carbocycles. The molecule has 4 nitrogen and oxygen atoms in total. The predicted molar refractivity (Wildman–Crippen MR) is 130 cm³/mol. The first-order chi connectivity index (χ1) is 14.8. The average Bonchev–Trinajstić information content (AvgIpc) is 2.77. The van der Waals surface area contributed by atoms with Crippen LogP contribution in [0.25, 0.3) is 5.57 Å². The van der Waals surface area contributed by atoms with Crippen molar-refractivity contribution in [2.45, 2.75) is 25.7 Å². The monoisotopic (exact) mass is 454 g/mol. The second-order valence-electron chi connectivity index (χ2n) is 7.22. The summed E-state index contributed by atoms with van der Waals surface area (Å²) in [4.78, 5) is 2.48. The van der Waals surface area contributed by atoms with Gasteiger partial charge in [0.05, 0.1) is 4.90 Å². The summed E-state index contributed by atoms with van der Waals surface area (Å²) in [6.45, 7) is 8.01. The van der Waals surface area contributed by atoms with E-state index in [1.165, 1.54) is 0 Å². The van der Waals surface area contributed by atoms with E-state index in [4.69, 9.17) is 11.6 Å². The third-order valence-electron chi connectivity index (χ3n) is 5.15. The smallest absolute Gasteiger partial charge is 0.261 e. The van der Waals surface area contributed by atoms with Crippen molar-refractivity contribution < 1.29 is 8.42 Å². The molecule has 3 aromatic carbocycles. The van der Waals surface area contributed by atoms with Crippen molar-refractivity contribution in [2.24, 2.45) is 0 Å². The van der Waals surface area contributed by atoms with Gasteiger partial charge in [0.2, 0.25) is 0 Å². The Morgan fingerprint density at radius 3 is 1.90 bits per heavy atom. The topological polar surface area (TPSA) is 49.4 Å². The van der Waals surface area contributed by atoms with Crippen molar-refractivity contribution in [1.29, 1.82) is 0 Å². The number of sulfonamides is 1. The van der Waals surface area contributed by atoms with E-state index >= 15 is 0 Å². The molecule has 0 aliphatic carbocycles. The highest BCUT2D eigenvalue weighted by Gasteiger charge is 2.14. The van der Waals surface area contributed by atoms with E-state index in [1.807, 2.05) is 31.2 Å². The molecule has 3 rings (SSSR count). The Balaban J connectivity index is 1.99. The van der Waals surface area contributed by atoms with Crippen LogP contribution in [0.15, 0.2) is 83.9 Å². The fraction of sp³-hybridized carbons (Fsp3) is 0.200. The second kappa shape index (κ2) is 10.0. The fourth-order valence-corrected chi connectivity index (χ4v) is 4.35. The highest BCUT2D eigenvalue weighted by atomic mass is 35.5. The van der Waals surface area contributed by atoms with Gasteiger partial charge >= 0.3 is 0 Å². The van der Waals surface area contributed by atoms with Crippen LogP contribution in [0.1, 0.15) is 30.5 Å². The van der Waals surface area contributed by atoms with Gasteiger partial charge in [0.25, 0.3) is 10.0 Å². The lowest BCUT2D eigenvalue weighted by molar-refractivity contribution is 0.590. The third kappa shape index (κ3) is 5.69. The number of rotatable bonds is 8. The van der Waals surface area contributed by atoms with Gasteiger partial charge in [-0.3, -0.25) is 4.72 Å². The molecule has 0 amide bonds. The second-order valence-corrected chi connectivity index (χ2v) is 9.37. The minimum absolute atomic E-state index is 0.224. The minimum Gasteiger partial charge on any atom is -0.372 e. The Morgan fingerprint density at radius 2 is 1.39 bits per heavy atom. The lowest BCUT2D eigenvalue weighted by Gasteiger charge is -2.21. The number of nitrogens with zero attached hydrogens (tertiary/aromatic N) is 1. The van der Waals surface area contributed by atoms with Gasteiger partial charge < -0.3 is 4.90 Å². The van der Waals surface area contributed by atoms with Gasteiger partial charge in [0.15, 0.2) is 0 Å². The van der Waals surface area contributed by atoms with E-state index in [2.05, 4.69) is 35.6 Å². The summed E-state index contributed by atoms with van der Waals surface area (Å²) < 4.78 is 28.2. The molecule has 0 aliphatic heterocycles. The van der Waals surface area contributed by atoms with E-state index in [-0.39, 0.29) is 4.90 Å². The Hall–Kier alpha value is -2.76. The van der Waals surface area contributed by atoms with Crippen LogP contribution in [-0.2, 0) is 10.0 Å². The van der Waals surface area contributed by atoms with Gasteiger partial charge in [0, 0.05) is 35.6 Å². The lowest BCUT2D eigenvalue weighted by atomic mass is 9.98. The predicted octanol–water partition coefficient (Wildman–Crippen LogP) is 5.86. The van der Waals surface area contributed by atoms with Crippen LogP contribution in [0.5, 0.6) is 0 Å². The summed E-state index contributed by atoms with van der Waals surface area (Å²) >= 11 is 6.06. The van der Waals surface area contributed by atoms with E-state index in [1.54, 1.807) is 42.6 Å². The molecule has 0 radical (unpaired) electrons. The quantitative estimate of drug-likeness (QED) is 0.463. The molecule has 6 heteroatoms. The van der Waals surface area contributed by atoms with E-state index in [9.17, 15) is 8.42 Å². The maximum Gasteiger partial charge on any atom is 0.261 e. The molecule has 0 heterocycles. The van der Waals surface area contributed by atoms with Crippen LogP contribution < -0.4 is 9.62 Å². The molecular formula is C25H27ClN2O2S. The number of hydrogen-bond acceptors (Lipinski definition) is 3. The molecule has 0 aromatic heterocycles. The normalized spacial score (nSPS) is 11.9. The number of hydrogen-bond donors (Lipinski definition) is 1. The van der Waals surface area contributed by atoms with Crippen LogP contribution in [0.2, 0.25) is 5.02 Å². The molecular weight excluding hydrogens is 428 g/mol. The number of anilines is 1. The molecule has 162 valence electrons. The number of benzene rings is 3. The summed E-state index contributed by atoms with van der Waals surface area (Å²) in [5.74, 6) is 0. The lowest BCUT2D eigenvalue weighted by Crippen LogP contribution is -2.21. The van der Waals surface area contributed by atoms with E-state index < -0.39 is 10.0 Å². The van der Waals surface area contributed by atoms with Crippen LogP contribution >= 0.6 is 11.6 Å². The first-order valence-corrected chi connectivity index (χ1v) is 12.1. The van der Waals surface area contributed by atoms with Crippen LogP contribution in [0, 0.1) is 6.92 Å². The van der Waals surface area contributed by atoms with Gasteiger partial charge in [-0.1, -0.05) is 53.6 Å². The summed E-state index contributed by atoms with van der Waals surface area (Å²) in [7, 11) is -3.69. The molecule has 0 unspecified atom stereocenters. The SMILES string of the molecule is CCN(CC)c1ccc(/C(=C/NS(=O)(=O)c2ccc(C)cc2)c2ccc(Cl)cc2)cc1.